The first-order valence-corrected chi connectivity index (χ1v) is 9.81. The summed E-state index contributed by atoms with van der Waals surface area (Å²) in [5.41, 5.74) is -0.289. The lowest BCUT2D eigenvalue weighted by molar-refractivity contribution is -0.161. The Bertz CT molecular complexity index is 780. The van der Waals surface area contributed by atoms with Crippen molar-refractivity contribution in [2.75, 3.05) is 20.3 Å². The molecule has 1 aliphatic rings. The van der Waals surface area contributed by atoms with Gasteiger partial charge in [-0.05, 0) is 30.4 Å². The van der Waals surface area contributed by atoms with Crippen LogP contribution in [0.2, 0.25) is 0 Å². The van der Waals surface area contributed by atoms with Gasteiger partial charge in [-0.1, -0.05) is 26.2 Å². The van der Waals surface area contributed by atoms with E-state index in [9.17, 15) is 24.6 Å². The van der Waals surface area contributed by atoms with Crippen molar-refractivity contribution in [1.29, 1.82) is 0 Å². The third-order valence-corrected chi connectivity index (χ3v) is 5.68. The van der Waals surface area contributed by atoms with E-state index in [-0.39, 0.29) is 30.8 Å². The van der Waals surface area contributed by atoms with Crippen molar-refractivity contribution in [2.45, 2.75) is 39.4 Å². The number of aliphatic hydroxyl groups excluding tert-OH is 2. The van der Waals surface area contributed by atoms with E-state index in [0.29, 0.717) is 5.57 Å². The summed E-state index contributed by atoms with van der Waals surface area (Å²) in [6.45, 7) is 15.5. The summed E-state index contributed by atoms with van der Waals surface area (Å²) in [4.78, 5) is 35.7. The van der Waals surface area contributed by atoms with Gasteiger partial charge in [0.1, 0.15) is 12.7 Å². The molecule has 0 spiro atoms. The molecular weight excluding hydrogens is 404 g/mol. The van der Waals surface area contributed by atoms with Gasteiger partial charge in [-0.15, -0.1) is 6.58 Å². The average molecular weight is 437 g/mol. The van der Waals surface area contributed by atoms with Crippen LogP contribution in [0.4, 0.5) is 0 Å². The van der Waals surface area contributed by atoms with E-state index in [1.165, 1.54) is 27.0 Å². The van der Waals surface area contributed by atoms with E-state index in [1.54, 1.807) is 13.0 Å². The molecule has 8 nitrogen and oxygen atoms in total. The van der Waals surface area contributed by atoms with Gasteiger partial charge in [-0.3, -0.25) is 4.79 Å². The summed E-state index contributed by atoms with van der Waals surface area (Å²) in [7, 11) is 1.18. The summed E-state index contributed by atoms with van der Waals surface area (Å²) in [5, 5.41) is 20.8. The Hall–Kier alpha value is -2.71. The molecule has 1 fully saturated rings. The van der Waals surface area contributed by atoms with Gasteiger partial charge < -0.3 is 24.4 Å². The fourth-order valence-corrected chi connectivity index (χ4v) is 3.93. The monoisotopic (exact) mass is 436 g/mol. The molecule has 0 aliphatic heterocycles. The molecule has 1 rings (SSSR count). The summed E-state index contributed by atoms with van der Waals surface area (Å²) in [6.07, 6.45) is 1.03. The minimum absolute atomic E-state index is 0.0591. The molecule has 8 heteroatoms. The Morgan fingerprint density at radius 3 is 2.29 bits per heavy atom. The average Bonchev–Trinajstić information content (AvgIpc) is 2.71. The standard InChI is InChI=1S/C23H32O8/c1-8-23(6)11-17(31-21(27)13(2)9-10-30-16(5)25)18(15(4)22(28)29-7)20(26)19(23)14(3)12-24/h8-9,17-20,24,26H,1,3-4,10-12H2,2,5-7H3/b13-9-/t17-,18+,19+,20+,23-/m0/s1. The van der Waals surface area contributed by atoms with Gasteiger partial charge in [-0.2, -0.15) is 0 Å². The van der Waals surface area contributed by atoms with Crippen molar-refractivity contribution in [3.8, 4) is 0 Å². The molecule has 0 aromatic carbocycles. The molecule has 0 aromatic rings. The normalized spacial score (nSPS) is 28.3. The highest BCUT2D eigenvalue weighted by Gasteiger charge is 2.53. The molecule has 172 valence electrons. The Labute approximate surface area is 182 Å². The van der Waals surface area contributed by atoms with E-state index in [1.807, 2.05) is 0 Å². The Kier molecular flexibility index (Phi) is 9.40. The van der Waals surface area contributed by atoms with Crippen LogP contribution < -0.4 is 0 Å². The van der Waals surface area contributed by atoms with Gasteiger partial charge in [0, 0.05) is 24.0 Å². The highest BCUT2D eigenvalue weighted by Crippen LogP contribution is 2.50. The van der Waals surface area contributed by atoms with Gasteiger partial charge >= 0.3 is 17.9 Å². The second kappa shape index (κ2) is 11.1. The first kappa shape index (κ1) is 26.3. The molecular formula is C23H32O8. The van der Waals surface area contributed by atoms with Crippen LogP contribution in [0.1, 0.15) is 27.2 Å². The highest BCUT2D eigenvalue weighted by molar-refractivity contribution is 5.89. The zero-order chi connectivity index (χ0) is 23.9. The molecule has 0 radical (unpaired) electrons. The van der Waals surface area contributed by atoms with Gasteiger partial charge in [-0.25, -0.2) is 9.59 Å². The third kappa shape index (κ3) is 6.15. The van der Waals surface area contributed by atoms with Crippen LogP contribution in [-0.4, -0.2) is 60.7 Å². The number of esters is 3. The largest absolute Gasteiger partial charge is 0.466 e. The molecule has 2 N–H and O–H groups in total. The molecule has 0 bridgehead atoms. The zero-order valence-electron chi connectivity index (χ0n) is 18.6. The van der Waals surface area contributed by atoms with Crippen LogP contribution >= 0.6 is 0 Å². The quantitative estimate of drug-likeness (QED) is 0.243. The second-order valence-electron chi connectivity index (χ2n) is 7.87. The van der Waals surface area contributed by atoms with Crippen LogP contribution in [0.25, 0.3) is 0 Å². The number of carbonyl (C=O) groups is 3. The van der Waals surface area contributed by atoms with E-state index in [2.05, 4.69) is 19.7 Å². The minimum atomic E-state index is -1.24. The molecule has 1 saturated carbocycles. The molecule has 0 aromatic heterocycles. The second-order valence-corrected chi connectivity index (χ2v) is 7.87. The molecule has 0 unspecified atom stereocenters. The zero-order valence-corrected chi connectivity index (χ0v) is 18.6. The summed E-state index contributed by atoms with van der Waals surface area (Å²) in [6, 6.07) is 0. The Morgan fingerprint density at radius 2 is 1.81 bits per heavy atom. The van der Waals surface area contributed by atoms with Crippen molar-refractivity contribution >= 4 is 17.9 Å². The van der Waals surface area contributed by atoms with Crippen LogP contribution in [0, 0.1) is 17.3 Å². The number of hydrogen-bond donors (Lipinski definition) is 2. The maximum Gasteiger partial charge on any atom is 0.333 e. The first-order chi connectivity index (χ1) is 14.4. The lowest BCUT2D eigenvalue weighted by atomic mass is 9.58. The van der Waals surface area contributed by atoms with Crippen molar-refractivity contribution in [2.24, 2.45) is 17.3 Å². The predicted octanol–water partition coefficient (Wildman–Crippen LogP) is 1.87. The minimum Gasteiger partial charge on any atom is -0.466 e. The lowest BCUT2D eigenvalue weighted by Gasteiger charge is -2.50. The van der Waals surface area contributed by atoms with Crippen molar-refractivity contribution in [1.82, 2.24) is 0 Å². The summed E-state index contributed by atoms with van der Waals surface area (Å²) < 4.78 is 15.2. The van der Waals surface area contributed by atoms with Crippen molar-refractivity contribution < 1.29 is 38.8 Å². The molecule has 0 saturated heterocycles. The topological polar surface area (TPSA) is 119 Å². The molecule has 0 heterocycles. The van der Waals surface area contributed by atoms with Gasteiger partial charge in [0.25, 0.3) is 0 Å². The van der Waals surface area contributed by atoms with Crippen LogP contribution in [0.3, 0.4) is 0 Å². The molecule has 5 atom stereocenters. The van der Waals surface area contributed by atoms with E-state index in [0.717, 1.165) is 0 Å². The maximum absolute atomic E-state index is 12.6. The maximum atomic E-state index is 12.6. The third-order valence-electron chi connectivity index (χ3n) is 5.68. The molecule has 31 heavy (non-hydrogen) atoms. The number of methoxy groups -OCH3 is 1. The van der Waals surface area contributed by atoms with Gasteiger partial charge in [0.15, 0.2) is 0 Å². The van der Waals surface area contributed by atoms with Crippen molar-refractivity contribution in [3.63, 3.8) is 0 Å². The lowest BCUT2D eigenvalue weighted by Crippen LogP contribution is -2.54. The molecule has 1 aliphatic carbocycles. The first-order valence-electron chi connectivity index (χ1n) is 9.81. The van der Waals surface area contributed by atoms with Gasteiger partial charge in [0.05, 0.1) is 25.7 Å². The fourth-order valence-electron chi connectivity index (χ4n) is 3.93. The van der Waals surface area contributed by atoms with E-state index < -0.39 is 47.4 Å². The fraction of sp³-hybridized carbons (Fsp3) is 0.522. The summed E-state index contributed by atoms with van der Waals surface area (Å²) >= 11 is 0. The Balaban J connectivity index is 3.30. The Morgan fingerprint density at radius 1 is 1.19 bits per heavy atom. The van der Waals surface area contributed by atoms with Crippen LogP contribution in [0.15, 0.2) is 48.6 Å². The van der Waals surface area contributed by atoms with E-state index >= 15 is 0 Å². The summed E-state index contributed by atoms with van der Waals surface area (Å²) in [5.74, 6) is -3.57. The molecule has 0 amide bonds. The van der Waals surface area contributed by atoms with Crippen LogP contribution in [0.5, 0.6) is 0 Å². The number of rotatable bonds is 9. The SMILES string of the molecule is C=C[C@@]1(C)C[C@H](OC(=O)/C(C)=C\COC(C)=O)[C@@H](C(=C)C(=O)OC)[C@@H](O)[C@H]1C(=C)CO. The predicted molar refractivity (Wildman–Crippen MR) is 114 cm³/mol. The number of aliphatic hydroxyl groups is 2. The number of allylic oxidation sites excluding steroid dienone is 1. The number of carbonyl (C=O) groups excluding carboxylic acids is 3. The smallest absolute Gasteiger partial charge is 0.333 e. The van der Waals surface area contributed by atoms with E-state index in [4.69, 9.17) is 14.2 Å². The number of hydrogen-bond acceptors (Lipinski definition) is 8. The number of ether oxygens (including phenoxy) is 3. The van der Waals surface area contributed by atoms with Crippen LogP contribution in [-0.2, 0) is 28.6 Å². The highest BCUT2D eigenvalue weighted by atomic mass is 16.5. The van der Waals surface area contributed by atoms with Crippen molar-refractivity contribution in [3.05, 3.63) is 48.6 Å². The van der Waals surface area contributed by atoms with Gasteiger partial charge in [0.2, 0.25) is 0 Å².